The van der Waals surface area contributed by atoms with Crippen LogP contribution in [0.1, 0.15) is 5.56 Å². The van der Waals surface area contributed by atoms with Gasteiger partial charge in [-0.25, -0.2) is 0 Å². The predicted octanol–water partition coefficient (Wildman–Crippen LogP) is 4.45. The lowest BCUT2D eigenvalue weighted by atomic mass is 10.1. The molecule has 0 aliphatic rings. The van der Waals surface area contributed by atoms with Crippen molar-refractivity contribution in [3.05, 3.63) is 78.6 Å². The number of benzene rings is 2. The lowest BCUT2D eigenvalue weighted by Gasteiger charge is -2.05. The standard InChI is InChI=1S/C17H15N/c1-14-11-12-18(13-14)17-9-7-16(8-10-17)15-5-3-2-4-6-15/h2-13H,1H3. The van der Waals surface area contributed by atoms with E-state index in [9.17, 15) is 0 Å². The second-order valence-corrected chi connectivity index (χ2v) is 4.51. The highest BCUT2D eigenvalue weighted by Gasteiger charge is 1.99. The van der Waals surface area contributed by atoms with Gasteiger partial charge in [0.05, 0.1) is 0 Å². The largest absolute Gasteiger partial charge is 0.324 e. The summed E-state index contributed by atoms with van der Waals surface area (Å²) in [6.45, 7) is 2.11. The molecule has 0 unspecified atom stereocenters. The summed E-state index contributed by atoms with van der Waals surface area (Å²) < 4.78 is 2.14. The normalized spacial score (nSPS) is 10.5. The summed E-state index contributed by atoms with van der Waals surface area (Å²) in [5.74, 6) is 0. The molecule has 0 N–H and O–H groups in total. The van der Waals surface area contributed by atoms with E-state index in [1.54, 1.807) is 0 Å². The lowest BCUT2D eigenvalue weighted by Crippen LogP contribution is -1.89. The molecule has 3 aromatic rings. The molecule has 18 heavy (non-hydrogen) atoms. The summed E-state index contributed by atoms with van der Waals surface area (Å²) in [6, 6.07) is 21.2. The Morgan fingerprint density at radius 2 is 1.39 bits per heavy atom. The zero-order chi connectivity index (χ0) is 12.4. The van der Waals surface area contributed by atoms with E-state index in [4.69, 9.17) is 0 Å². The van der Waals surface area contributed by atoms with Gasteiger partial charge >= 0.3 is 0 Å². The van der Waals surface area contributed by atoms with E-state index in [0.717, 1.165) is 0 Å². The molecule has 0 amide bonds. The molecule has 1 heterocycles. The Bertz CT molecular complexity index is 633. The topological polar surface area (TPSA) is 4.93 Å². The second-order valence-electron chi connectivity index (χ2n) is 4.51. The first-order chi connectivity index (χ1) is 8.83. The maximum absolute atomic E-state index is 2.17. The van der Waals surface area contributed by atoms with Crippen molar-refractivity contribution in [3.63, 3.8) is 0 Å². The van der Waals surface area contributed by atoms with Crippen LogP contribution < -0.4 is 0 Å². The van der Waals surface area contributed by atoms with Crippen LogP contribution >= 0.6 is 0 Å². The monoisotopic (exact) mass is 233 g/mol. The van der Waals surface area contributed by atoms with Gasteiger partial charge in [-0.2, -0.15) is 0 Å². The van der Waals surface area contributed by atoms with Gasteiger partial charge in [0.25, 0.3) is 0 Å². The molecule has 1 heteroatoms. The van der Waals surface area contributed by atoms with Crippen molar-refractivity contribution in [2.45, 2.75) is 6.92 Å². The van der Waals surface area contributed by atoms with Crippen LogP contribution in [0, 0.1) is 6.92 Å². The molecule has 1 aromatic heterocycles. The molecule has 0 saturated heterocycles. The fourth-order valence-electron chi connectivity index (χ4n) is 2.12. The Hall–Kier alpha value is -2.28. The molecular weight excluding hydrogens is 218 g/mol. The van der Waals surface area contributed by atoms with E-state index < -0.39 is 0 Å². The van der Waals surface area contributed by atoms with E-state index in [-0.39, 0.29) is 0 Å². The van der Waals surface area contributed by atoms with Crippen molar-refractivity contribution in [2.24, 2.45) is 0 Å². The van der Waals surface area contributed by atoms with E-state index in [0.29, 0.717) is 0 Å². The molecule has 0 saturated carbocycles. The van der Waals surface area contributed by atoms with Gasteiger partial charge in [0.1, 0.15) is 0 Å². The van der Waals surface area contributed by atoms with Gasteiger partial charge in [-0.1, -0.05) is 42.5 Å². The zero-order valence-corrected chi connectivity index (χ0v) is 10.4. The minimum atomic E-state index is 1.20. The molecular formula is C17H15N. The van der Waals surface area contributed by atoms with Crippen molar-refractivity contribution in [1.29, 1.82) is 0 Å². The minimum absolute atomic E-state index is 1.20. The molecule has 0 aliphatic heterocycles. The molecule has 0 fully saturated rings. The third kappa shape index (κ3) is 2.07. The van der Waals surface area contributed by atoms with Crippen LogP contribution in [0.2, 0.25) is 0 Å². The van der Waals surface area contributed by atoms with Crippen LogP contribution in [0.5, 0.6) is 0 Å². The molecule has 88 valence electrons. The summed E-state index contributed by atoms with van der Waals surface area (Å²) in [5.41, 5.74) is 4.99. The SMILES string of the molecule is Cc1ccn(-c2ccc(-c3ccccc3)cc2)c1. The van der Waals surface area contributed by atoms with Crippen LogP contribution in [0.15, 0.2) is 73.1 Å². The van der Waals surface area contributed by atoms with Gasteiger partial charge in [0.15, 0.2) is 0 Å². The van der Waals surface area contributed by atoms with Crippen molar-refractivity contribution in [2.75, 3.05) is 0 Å². The highest BCUT2D eigenvalue weighted by molar-refractivity contribution is 5.64. The van der Waals surface area contributed by atoms with Crippen LogP contribution in [-0.2, 0) is 0 Å². The van der Waals surface area contributed by atoms with Crippen LogP contribution in [-0.4, -0.2) is 4.57 Å². The van der Waals surface area contributed by atoms with Gasteiger partial charge in [0, 0.05) is 18.1 Å². The van der Waals surface area contributed by atoms with Gasteiger partial charge in [0.2, 0.25) is 0 Å². The zero-order valence-electron chi connectivity index (χ0n) is 10.4. The quantitative estimate of drug-likeness (QED) is 0.616. The molecule has 0 bridgehead atoms. The summed E-state index contributed by atoms with van der Waals surface area (Å²) in [4.78, 5) is 0. The van der Waals surface area contributed by atoms with Crippen LogP contribution in [0.3, 0.4) is 0 Å². The first-order valence-electron chi connectivity index (χ1n) is 6.13. The van der Waals surface area contributed by atoms with E-state index in [1.165, 1.54) is 22.4 Å². The molecule has 3 rings (SSSR count). The maximum atomic E-state index is 2.17. The number of hydrogen-bond acceptors (Lipinski definition) is 0. The van der Waals surface area contributed by atoms with Crippen LogP contribution in [0.4, 0.5) is 0 Å². The second kappa shape index (κ2) is 4.53. The highest BCUT2D eigenvalue weighted by Crippen LogP contribution is 2.20. The van der Waals surface area contributed by atoms with Crippen molar-refractivity contribution in [3.8, 4) is 16.8 Å². The molecule has 0 aliphatic carbocycles. The van der Waals surface area contributed by atoms with Crippen molar-refractivity contribution in [1.82, 2.24) is 4.57 Å². The Balaban J connectivity index is 1.94. The van der Waals surface area contributed by atoms with Gasteiger partial charge in [-0.15, -0.1) is 0 Å². The number of nitrogens with zero attached hydrogens (tertiary/aromatic N) is 1. The van der Waals surface area contributed by atoms with Gasteiger partial charge in [-0.3, -0.25) is 0 Å². The number of aromatic nitrogens is 1. The number of hydrogen-bond donors (Lipinski definition) is 0. The molecule has 1 nitrogen and oxygen atoms in total. The average molecular weight is 233 g/mol. The number of aryl methyl sites for hydroxylation is 1. The number of rotatable bonds is 2. The summed E-state index contributed by atoms with van der Waals surface area (Å²) in [5, 5.41) is 0. The Morgan fingerprint density at radius 3 is 2.00 bits per heavy atom. The van der Waals surface area contributed by atoms with Gasteiger partial charge < -0.3 is 4.57 Å². The fourth-order valence-corrected chi connectivity index (χ4v) is 2.12. The molecule has 0 radical (unpaired) electrons. The Kier molecular flexibility index (Phi) is 2.73. The fraction of sp³-hybridized carbons (Fsp3) is 0.0588. The minimum Gasteiger partial charge on any atom is -0.324 e. The predicted molar refractivity (Wildman–Crippen MR) is 75.9 cm³/mol. The summed E-state index contributed by atoms with van der Waals surface area (Å²) >= 11 is 0. The van der Waals surface area contributed by atoms with Gasteiger partial charge in [-0.05, 0) is 41.8 Å². The third-order valence-corrected chi connectivity index (χ3v) is 3.11. The summed E-state index contributed by atoms with van der Waals surface area (Å²) in [6.07, 6.45) is 4.23. The van der Waals surface area contributed by atoms with E-state index in [2.05, 4.69) is 78.5 Å². The molecule has 0 spiro atoms. The maximum Gasteiger partial charge on any atom is 0.0449 e. The lowest BCUT2D eigenvalue weighted by molar-refractivity contribution is 1.08. The third-order valence-electron chi connectivity index (χ3n) is 3.11. The Morgan fingerprint density at radius 1 is 0.722 bits per heavy atom. The molecule has 0 atom stereocenters. The van der Waals surface area contributed by atoms with E-state index >= 15 is 0 Å². The van der Waals surface area contributed by atoms with Crippen molar-refractivity contribution < 1.29 is 0 Å². The average Bonchev–Trinajstić information content (AvgIpc) is 2.87. The van der Waals surface area contributed by atoms with Crippen LogP contribution in [0.25, 0.3) is 16.8 Å². The first kappa shape index (κ1) is 10.8. The van der Waals surface area contributed by atoms with E-state index in [1.807, 2.05) is 6.07 Å². The highest BCUT2D eigenvalue weighted by atomic mass is 14.9. The Labute approximate surface area is 107 Å². The summed E-state index contributed by atoms with van der Waals surface area (Å²) in [7, 11) is 0. The smallest absolute Gasteiger partial charge is 0.0449 e. The first-order valence-corrected chi connectivity index (χ1v) is 6.13. The van der Waals surface area contributed by atoms with Crippen molar-refractivity contribution >= 4 is 0 Å². The molecule has 2 aromatic carbocycles.